The number of ether oxygens (including phenoxy) is 1. The van der Waals surface area contributed by atoms with Gasteiger partial charge < -0.3 is 15.0 Å². The Morgan fingerprint density at radius 1 is 1.14 bits per heavy atom. The normalized spacial score (nSPS) is 10.5. The molecule has 21 heavy (non-hydrogen) atoms. The van der Waals surface area contributed by atoms with Crippen molar-refractivity contribution < 1.29 is 9.53 Å². The van der Waals surface area contributed by atoms with Gasteiger partial charge in [0.05, 0.1) is 13.5 Å². The molecule has 0 fully saturated rings. The SMILES string of the molecule is COc1ccc(CC(=O)Nc2ccc3[nH]ccc3c2)cc1. The van der Waals surface area contributed by atoms with E-state index >= 15 is 0 Å². The van der Waals surface area contributed by atoms with Crippen molar-refractivity contribution in [1.82, 2.24) is 4.98 Å². The largest absolute Gasteiger partial charge is 0.497 e. The molecule has 3 rings (SSSR count). The van der Waals surface area contributed by atoms with Crippen LogP contribution in [0.15, 0.2) is 54.7 Å². The molecular weight excluding hydrogens is 264 g/mol. The lowest BCUT2D eigenvalue weighted by Gasteiger charge is -2.06. The molecule has 0 saturated heterocycles. The minimum absolute atomic E-state index is 0.0324. The summed E-state index contributed by atoms with van der Waals surface area (Å²) < 4.78 is 5.10. The molecule has 0 aliphatic heterocycles. The summed E-state index contributed by atoms with van der Waals surface area (Å²) in [5, 5.41) is 4.00. The van der Waals surface area contributed by atoms with Gasteiger partial charge in [-0.1, -0.05) is 12.1 Å². The fourth-order valence-corrected chi connectivity index (χ4v) is 2.27. The van der Waals surface area contributed by atoms with Crippen LogP contribution in [0.3, 0.4) is 0 Å². The van der Waals surface area contributed by atoms with E-state index in [1.165, 1.54) is 0 Å². The molecule has 1 amide bonds. The third-order valence-electron chi connectivity index (χ3n) is 3.36. The molecule has 1 aromatic heterocycles. The van der Waals surface area contributed by atoms with Gasteiger partial charge in [0.1, 0.15) is 5.75 Å². The van der Waals surface area contributed by atoms with Crippen LogP contribution in [-0.4, -0.2) is 18.0 Å². The lowest BCUT2D eigenvalue weighted by Crippen LogP contribution is -2.14. The maximum Gasteiger partial charge on any atom is 0.228 e. The van der Waals surface area contributed by atoms with Crippen molar-refractivity contribution in [3.63, 3.8) is 0 Å². The highest BCUT2D eigenvalue weighted by molar-refractivity contribution is 5.94. The molecule has 4 heteroatoms. The Balaban J connectivity index is 1.67. The maximum absolute atomic E-state index is 12.1. The summed E-state index contributed by atoms with van der Waals surface area (Å²) in [4.78, 5) is 15.2. The average Bonchev–Trinajstić information content (AvgIpc) is 2.95. The first-order valence-electron chi connectivity index (χ1n) is 6.74. The van der Waals surface area contributed by atoms with Crippen LogP contribution >= 0.6 is 0 Å². The third-order valence-corrected chi connectivity index (χ3v) is 3.36. The van der Waals surface area contributed by atoms with E-state index in [4.69, 9.17) is 4.74 Å². The average molecular weight is 280 g/mol. The number of hydrogen-bond donors (Lipinski definition) is 2. The molecule has 0 aliphatic rings. The smallest absolute Gasteiger partial charge is 0.228 e. The van der Waals surface area contributed by atoms with Crippen LogP contribution in [0.5, 0.6) is 5.75 Å². The van der Waals surface area contributed by atoms with E-state index in [9.17, 15) is 4.79 Å². The lowest BCUT2D eigenvalue weighted by molar-refractivity contribution is -0.115. The van der Waals surface area contributed by atoms with E-state index in [0.717, 1.165) is 27.9 Å². The van der Waals surface area contributed by atoms with Crippen molar-refractivity contribution in [2.75, 3.05) is 12.4 Å². The zero-order valence-corrected chi connectivity index (χ0v) is 11.7. The summed E-state index contributed by atoms with van der Waals surface area (Å²) >= 11 is 0. The van der Waals surface area contributed by atoms with Crippen molar-refractivity contribution >= 4 is 22.5 Å². The Bertz CT molecular complexity index is 760. The van der Waals surface area contributed by atoms with Crippen molar-refractivity contribution in [2.45, 2.75) is 6.42 Å². The number of amides is 1. The van der Waals surface area contributed by atoms with Crippen molar-refractivity contribution in [2.24, 2.45) is 0 Å². The van der Waals surface area contributed by atoms with Crippen molar-refractivity contribution in [3.05, 3.63) is 60.3 Å². The van der Waals surface area contributed by atoms with Crippen LogP contribution in [0.2, 0.25) is 0 Å². The van der Waals surface area contributed by atoms with Gasteiger partial charge in [-0.05, 0) is 42.0 Å². The molecule has 106 valence electrons. The van der Waals surface area contributed by atoms with E-state index in [2.05, 4.69) is 10.3 Å². The topological polar surface area (TPSA) is 54.1 Å². The van der Waals surface area contributed by atoms with Gasteiger partial charge >= 0.3 is 0 Å². The summed E-state index contributed by atoms with van der Waals surface area (Å²) in [6.07, 6.45) is 2.22. The number of benzene rings is 2. The number of carbonyl (C=O) groups excluding carboxylic acids is 1. The first-order valence-corrected chi connectivity index (χ1v) is 6.74. The fourth-order valence-electron chi connectivity index (χ4n) is 2.27. The molecule has 0 saturated carbocycles. The molecule has 0 unspecified atom stereocenters. The van der Waals surface area contributed by atoms with Gasteiger partial charge in [-0.15, -0.1) is 0 Å². The first-order chi connectivity index (χ1) is 10.2. The summed E-state index contributed by atoms with van der Waals surface area (Å²) in [5.74, 6) is 0.757. The highest BCUT2D eigenvalue weighted by Crippen LogP contribution is 2.18. The van der Waals surface area contributed by atoms with Crippen LogP contribution in [0, 0.1) is 0 Å². The number of nitrogens with one attached hydrogen (secondary N) is 2. The molecule has 0 radical (unpaired) electrons. The van der Waals surface area contributed by atoms with E-state index in [1.54, 1.807) is 7.11 Å². The van der Waals surface area contributed by atoms with Crippen LogP contribution in [0.4, 0.5) is 5.69 Å². The van der Waals surface area contributed by atoms with Crippen LogP contribution in [0.25, 0.3) is 10.9 Å². The van der Waals surface area contributed by atoms with E-state index in [-0.39, 0.29) is 5.91 Å². The Hall–Kier alpha value is -2.75. The standard InChI is InChI=1S/C17H16N2O2/c1-21-15-5-2-12(3-6-15)10-17(20)19-14-4-7-16-13(11-14)8-9-18-16/h2-9,11,18H,10H2,1H3,(H,19,20). The number of aromatic amines is 1. The highest BCUT2D eigenvalue weighted by atomic mass is 16.5. The number of fused-ring (bicyclic) bond motifs is 1. The molecule has 0 aliphatic carbocycles. The zero-order valence-electron chi connectivity index (χ0n) is 11.7. The molecule has 1 heterocycles. The number of H-pyrrole nitrogens is 1. The van der Waals surface area contributed by atoms with E-state index < -0.39 is 0 Å². The minimum atomic E-state index is -0.0324. The summed E-state index contributed by atoms with van der Waals surface area (Å²) in [6, 6.07) is 15.3. The van der Waals surface area contributed by atoms with Crippen LogP contribution in [0.1, 0.15) is 5.56 Å². The molecule has 2 N–H and O–H groups in total. The first kappa shape index (κ1) is 13.2. The van der Waals surface area contributed by atoms with Gasteiger partial charge in [0.15, 0.2) is 0 Å². The fraction of sp³-hybridized carbons (Fsp3) is 0.118. The van der Waals surface area contributed by atoms with Crippen molar-refractivity contribution in [3.8, 4) is 5.75 Å². The Morgan fingerprint density at radius 2 is 1.95 bits per heavy atom. The second-order valence-electron chi connectivity index (χ2n) is 4.85. The van der Waals surface area contributed by atoms with Gasteiger partial charge in [0, 0.05) is 22.8 Å². The molecule has 0 bridgehead atoms. The summed E-state index contributed by atoms with van der Waals surface area (Å²) in [5.41, 5.74) is 2.82. The Morgan fingerprint density at radius 3 is 2.71 bits per heavy atom. The number of carbonyl (C=O) groups is 1. The molecule has 3 aromatic rings. The second kappa shape index (κ2) is 5.71. The third kappa shape index (κ3) is 3.05. The molecular formula is C17H16N2O2. The van der Waals surface area contributed by atoms with Gasteiger partial charge in [-0.25, -0.2) is 0 Å². The van der Waals surface area contributed by atoms with Crippen molar-refractivity contribution in [1.29, 1.82) is 0 Å². The minimum Gasteiger partial charge on any atom is -0.497 e. The van der Waals surface area contributed by atoms with E-state index in [1.807, 2.05) is 54.7 Å². The Labute approximate surface area is 122 Å². The summed E-state index contributed by atoms with van der Waals surface area (Å²) in [7, 11) is 1.62. The van der Waals surface area contributed by atoms with Crippen LogP contribution < -0.4 is 10.1 Å². The number of rotatable bonds is 4. The molecule has 2 aromatic carbocycles. The Kier molecular flexibility index (Phi) is 3.60. The lowest BCUT2D eigenvalue weighted by atomic mass is 10.1. The molecule has 0 atom stereocenters. The molecule has 4 nitrogen and oxygen atoms in total. The maximum atomic E-state index is 12.1. The molecule has 0 spiro atoms. The van der Waals surface area contributed by atoms with Gasteiger partial charge in [0.25, 0.3) is 0 Å². The number of anilines is 1. The van der Waals surface area contributed by atoms with Gasteiger partial charge in [-0.2, -0.15) is 0 Å². The summed E-state index contributed by atoms with van der Waals surface area (Å²) in [6.45, 7) is 0. The number of hydrogen-bond acceptors (Lipinski definition) is 2. The number of methoxy groups -OCH3 is 1. The number of aromatic nitrogens is 1. The monoisotopic (exact) mass is 280 g/mol. The van der Waals surface area contributed by atoms with Gasteiger partial charge in [-0.3, -0.25) is 4.79 Å². The quantitative estimate of drug-likeness (QED) is 0.770. The zero-order chi connectivity index (χ0) is 14.7. The van der Waals surface area contributed by atoms with Gasteiger partial charge in [0.2, 0.25) is 5.91 Å². The predicted molar refractivity (Wildman–Crippen MR) is 83.6 cm³/mol. The second-order valence-corrected chi connectivity index (χ2v) is 4.85. The predicted octanol–water partition coefficient (Wildman–Crippen LogP) is 3.36. The van der Waals surface area contributed by atoms with E-state index in [0.29, 0.717) is 6.42 Å². The highest BCUT2D eigenvalue weighted by Gasteiger charge is 2.05. The van der Waals surface area contributed by atoms with Crippen LogP contribution in [-0.2, 0) is 11.2 Å².